The third-order valence-electron chi connectivity index (χ3n) is 1.22. The number of hydrogen-bond donors (Lipinski definition) is 2. The zero-order valence-corrected chi connectivity index (χ0v) is 5.46. The van der Waals surface area contributed by atoms with Crippen molar-refractivity contribution in [2.24, 2.45) is 0 Å². The van der Waals surface area contributed by atoms with Gasteiger partial charge in [-0.15, -0.1) is 0 Å². The largest absolute Gasteiger partial charge is 0.661 e. The number of hydrogen-bond acceptors (Lipinski definition) is 2. The number of benzene rings is 1. The molecule has 48 valence electrons. The van der Waals surface area contributed by atoms with Crippen molar-refractivity contribution in [1.29, 1.82) is 0 Å². The Kier molecular flexibility index (Phi) is 2.26. The average molecular weight is 128 g/mol. The van der Waals surface area contributed by atoms with Crippen LogP contribution in [0.3, 0.4) is 0 Å². The van der Waals surface area contributed by atoms with Crippen molar-refractivity contribution in [2.75, 3.05) is 10.5 Å². The van der Waals surface area contributed by atoms with E-state index in [2.05, 4.69) is 10.5 Å². The van der Waals surface area contributed by atoms with Gasteiger partial charge in [-0.05, 0) is 35.6 Å². The van der Waals surface area contributed by atoms with Crippen LogP contribution in [0.15, 0.2) is 24.3 Å². The van der Waals surface area contributed by atoms with E-state index in [1.165, 1.54) is 0 Å². The van der Waals surface area contributed by atoms with Gasteiger partial charge in [-0.25, -0.2) is 0 Å². The first-order valence-corrected chi connectivity index (χ1v) is 2.90. The molecule has 0 spiro atoms. The molecule has 1 aromatic carbocycles. The maximum absolute atomic E-state index is 5.14. The van der Waals surface area contributed by atoms with Gasteiger partial charge >= 0.3 is 0 Å². The Hall–Kier alpha value is -1.05. The first-order chi connectivity index (χ1) is 4.86. The van der Waals surface area contributed by atoms with Gasteiger partial charge in [0.2, 0.25) is 0 Å². The van der Waals surface area contributed by atoms with Crippen LogP contribution in [0.1, 0.15) is 0 Å². The summed E-state index contributed by atoms with van der Waals surface area (Å²) in [6.45, 7) is 0. The van der Waals surface area contributed by atoms with Crippen molar-refractivity contribution in [1.82, 2.24) is 0 Å². The Labute approximate surface area is 62.9 Å². The summed E-state index contributed by atoms with van der Waals surface area (Å²) in [5, 5.41) is 5.02. The summed E-state index contributed by atoms with van der Waals surface area (Å²) in [6, 6.07) is 7.31. The summed E-state index contributed by atoms with van der Waals surface area (Å²) in [6.07, 6.45) is 0. The quantitative estimate of drug-likeness (QED) is 0.572. The summed E-state index contributed by atoms with van der Waals surface area (Å²) in [5.74, 6) is 0. The zero-order chi connectivity index (χ0) is 7.40. The third-order valence-corrected chi connectivity index (χ3v) is 1.22. The van der Waals surface area contributed by atoms with Gasteiger partial charge in [0, 0.05) is 0 Å². The van der Waals surface area contributed by atoms with E-state index in [1.807, 2.05) is 24.3 Å². The Morgan fingerprint density at radius 3 is 1.30 bits per heavy atom. The summed E-state index contributed by atoms with van der Waals surface area (Å²) < 4.78 is 0. The molecule has 0 bridgehead atoms. The van der Waals surface area contributed by atoms with E-state index in [4.69, 9.17) is 16.0 Å². The van der Waals surface area contributed by atoms with Crippen LogP contribution in [0.5, 0.6) is 0 Å². The van der Waals surface area contributed by atoms with Gasteiger partial charge < -0.3 is 26.4 Å². The lowest BCUT2D eigenvalue weighted by molar-refractivity contribution is 1.65. The van der Waals surface area contributed by atoms with Crippen LogP contribution < -0.4 is 10.5 Å². The Morgan fingerprint density at radius 1 is 0.800 bits per heavy atom. The maximum atomic E-state index is 5.14. The van der Waals surface area contributed by atoms with Crippen LogP contribution in [0.2, 0.25) is 0 Å². The summed E-state index contributed by atoms with van der Waals surface area (Å²) in [4.78, 5) is 0. The molecule has 0 saturated heterocycles. The maximum Gasteiger partial charge on any atom is -0.0133 e. The van der Waals surface area contributed by atoms with Crippen molar-refractivity contribution in [3.05, 3.63) is 24.3 Å². The molecular weight excluding hydrogens is 122 g/mol. The van der Waals surface area contributed by atoms with Crippen LogP contribution in [-0.4, -0.2) is 16.0 Å². The second-order valence-electron chi connectivity index (χ2n) is 1.87. The van der Waals surface area contributed by atoms with Gasteiger partial charge in [0.1, 0.15) is 0 Å². The van der Waals surface area contributed by atoms with Crippen LogP contribution >= 0.6 is 0 Å². The van der Waals surface area contributed by atoms with E-state index >= 15 is 0 Å². The van der Waals surface area contributed by atoms with Gasteiger partial charge in [0.15, 0.2) is 0 Å². The lowest BCUT2D eigenvalue weighted by Crippen LogP contribution is -1.92. The zero-order valence-electron chi connectivity index (χ0n) is 5.46. The third kappa shape index (κ3) is 1.47. The molecular formula is C6H6B2N2-2. The fourth-order valence-electron chi connectivity index (χ4n) is 0.663. The Bertz CT molecular complexity index is 174. The predicted molar refractivity (Wildman–Crippen MR) is 45.2 cm³/mol. The molecule has 1 aromatic rings. The minimum absolute atomic E-state index is 0.860. The normalized spacial score (nSPS) is 9.00. The molecule has 2 nitrogen and oxygen atoms in total. The molecule has 0 amide bonds. The van der Waals surface area contributed by atoms with Crippen molar-refractivity contribution < 1.29 is 0 Å². The fraction of sp³-hybridized carbons (Fsp3) is 0. The number of nitrogens with one attached hydrogen (secondary N) is 2. The molecule has 0 unspecified atom stereocenters. The smallest absolute Gasteiger partial charge is 0.0133 e. The van der Waals surface area contributed by atoms with E-state index < -0.39 is 0 Å². The molecule has 0 aliphatic carbocycles. The lowest BCUT2D eigenvalue weighted by atomic mass is 10.2. The highest BCUT2D eigenvalue weighted by Crippen LogP contribution is 2.10. The topological polar surface area (TPSA) is 24.1 Å². The van der Waals surface area contributed by atoms with Crippen molar-refractivity contribution in [3.8, 4) is 0 Å². The molecule has 2 N–H and O–H groups in total. The summed E-state index contributed by atoms with van der Waals surface area (Å²) >= 11 is 0. The number of anilines is 2. The number of rotatable bonds is 2. The Morgan fingerprint density at radius 2 is 1.10 bits per heavy atom. The minimum atomic E-state index is 0.860. The second kappa shape index (κ2) is 3.20. The average Bonchev–Trinajstić information content (AvgIpc) is 2.05. The van der Waals surface area contributed by atoms with E-state index in [-0.39, 0.29) is 0 Å². The lowest BCUT2D eigenvalue weighted by Gasteiger charge is -2.15. The van der Waals surface area contributed by atoms with Crippen LogP contribution in [-0.2, 0) is 0 Å². The first-order valence-electron chi connectivity index (χ1n) is 2.90. The first kappa shape index (κ1) is 7.06. The van der Waals surface area contributed by atoms with E-state index in [0.717, 1.165) is 11.4 Å². The van der Waals surface area contributed by atoms with Crippen LogP contribution in [0, 0.1) is 0 Å². The molecule has 0 atom stereocenters. The molecule has 0 fully saturated rings. The summed E-state index contributed by atoms with van der Waals surface area (Å²) in [7, 11) is 10.3. The molecule has 0 aliphatic rings. The standard InChI is InChI=1S/C6H6B2N2/c7-9-5-1-2-6(10-8)4-3-5/h1-4,9-10H/q-2. The second-order valence-corrected chi connectivity index (χ2v) is 1.87. The van der Waals surface area contributed by atoms with Crippen molar-refractivity contribution in [2.45, 2.75) is 0 Å². The molecule has 0 heterocycles. The fourth-order valence-corrected chi connectivity index (χ4v) is 0.663. The minimum Gasteiger partial charge on any atom is -0.661 e. The molecule has 6 radical (unpaired) electrons. The highest BCUT2D eigenvalue weighted by Gasteiger charge is 1.80. The van der Waals surface area contributed by atoms with Crippen LogP contribution in [0.4, 0.5) is 11.4 Å². The highest BCUT2D eigenvalue weighted by atomic mass is 14.8. The van der Waals surface area contributed by atoms with Crippen molar-refractivity contribution >= 4 is 27.3 Å². The summed E-state index contributed by atoms with van der Waals surface area (Å²) in [5.41, 5.74) is 1.72. The molecule has 10 heavy (non-hydrogen) atoms. The van der Waals surface area contributed by atoms with Crippen LogP contribution in [0.25, 0.3) is 0 Å². The van der Waals surface area contributed by atoms with Crippen molar-refractivity contribution in [3.63, 3.8) is 0 Å². The Balaban J connectivity index is 2.80. The van der Waals surface area contributed by atoms with E-state index in [0.29, 0.717) is 0 Å². The molecule has 4 heteroatoms. The molecule has 1 rings (SSSR count). The van der Waals surface area contributed by atoms with E-state index in [9.17, 15) is 0 Å². The van der Waals surface area contributed by atoms with Gasteiger partial charge in [0.25, 0.3) is 0 Å². The molecule has 0 saturated carbocycles. The van der Waals surface area contributed by atoms with E-state index in [1.54, 1.807) is 0 Å². The highest BCUT2D eigenvalue weighted by molar-refractivity contribution is 6.16. The monoisotopic (exact) mass is 128 g/mol. The SMILES string of the molecule is [B-]Nc1ccc(N[B-])cc1. The molecule has 0 aromatic heterocycles. The van der Waals surface area contributed by atoms with Gasteiger partial charge in [-0.1, -0.05) is 0 Å². The van der Waals surface area contributed by atoms with Gasteiger partial charge in [-0.2, -0.15) is 0 Å². The van der Waals surface area contributed by atoms with Gasteiger partial charge in [-0.3, -0.25) is 0 Å². The predicted octanol–water partition coefficient (Wildman–Crippen LogP) is 0.677. The van der Waals surface area contributed by atoms with Gasteiger partial charge in [0.05, 0.1) is 0 Å². The molecule has 0 aliphatic heterocycles.